The Labute approximate surface area is 152 Å². The van der Waals surface area contributed by atoms with Crippen LogP contribution >= 0.6 is 0 Å². The molecule has 0 aliphatic carbocycles. The van der Waals surface area contributed by atoms with Crippen molar-refractivity contribution in [2.75, 3.05) is 12.4 Å². The molecule has 2 aromatic carbocycles. The highest BCUT2D eigenvalue weighted by molar-refractivity contribution is 6.02. The number of furan rings is 1. The largest absolute Gasteiger partial charge is 0.497 e. The van der Waals surface area contributed by atoms with E-state index in [4.69, 9.17) is 13.9 Å². The molecule has 0 fully saturated rings. The standard InChI is InChI=1S/C21H21NO4/c1-14-7-8-15(2)20(11-14)25-13-18-9-10-19(26-18)21(23)22-16-5-4-6-17(12-16)24-3/h4-12H,13H2,1-3H3,(H,22,23). The number of amides is 1. The number of ether oxygens (including phenoxy) is 2. The van der Waals surface area contributed by atoms with Crippen LogP contribution in [0.1, 0.15) is 27.4 Å². The van der Waals surface area contributed by atoms with Gasteiger partial charge in [0.1, 0.15) is 23.9 Å². The minimum Gasteiger partial charge on any atom is -0.497 e. The predicted octanol–water partition coefficient (Wildman–Crippen LogP) is 4.74. The summed E-state index contributed by atoms with van der Waals surface area (Å²) in [5.41, 5.74) is 2.82. The molecule has 1 heterocycles. The number of aryl methyl sites for hydroxylation is 2. The third-order valence-corrected chi connectivity index (χ3v) is 3.93. The lowest BCUT2D eigenvalue weighted by Gasteiger charge is -2.08. The van der Waals surface area contributed by atoms with Crippen LogP contribution in [0.2, 0.25) is 0 Å². The molecule has 0 aliphatic rings. The first-order chi connectivity index (χ1) is 12.5. The maximum Gasteiger partial charge on any atom is 0.291 e. The molecule has 0 radical (unpaired) electrons. The average molecular weight is 351 g/mol. The third kappa shape index (κ3) is 4.25. The van der Waals surface area contributed by atoms with Crippen molar-refractivity contribution in [3.8, 4) is 11.5 Å². The van der Waals surface area contributed by atoms with Crippen LogP contribution in [-0.4, -0.2) is 13.0 Å². The molecule has 1 N–H and O–H groups in total. The molecule has 5 heteroatoms. The molecule has 134 valence electrons. The van der Waals surface area contributed by atoms with E-state index >= 15 is 0 Å². The number of rotatable bonds is 6. The van der Waals surface area contributed by atoms with Gasteiger partial charge in [-0.3, -0.25) is 4.79 Å². The highest BCUT2D eigenvalue weighted by Gasteiger charge is 2.12. The summed E-state index contributed by atoms with van der Waals surface area (Å²) in [6, 6.07) is 16.6. The van der Waals surface area contributed by atoms with Crippen LogP contribution in [0, 0.1) is 13.8 Å². The lowest BCUT2D eigenvalue weighted by Crippen LogP contribution is -2.10. The second-order valence-corrected chi connectivity index (χ2v) is 6.01. The van der Waals surface area contributed by atoms with E-state index < -0.39 is 0 Å². The smallest absolute Gasteiger partial charge is 0.291 e. The number of hydrogen-bond donors (Lipinski definition) is 1. The first-order valence-corrected chi connectivity index (χ1v) is 8.29. The van der Waals surface area contributed by atoms with Crippen molar-refractivity contribution in [2.24, 2.45) is 0 Å². The van der Waals surface area contributed by atoms with Gasteiger partial charge >= 0.3 is 0 Å². The molecule has 1 aromatic heterocycles. The summed E-state index contributed by atoms with van der Waals surface area (Å²) < 4.78 is 16.5. The van der Waals surface area contributed by atoms with E-state index in [0.29, 0.717) is 17.2 Å². The lowest BCUT2D eigenvalue weighted by molar-refractivity contribution is 0.0992. The van der Waals surface area contributed by atoms with Gasteiger partial charge in [0, 0.05) is 11.8 Å². The summed E-state index contributed by atoms with van der Waals surface area (Å²) in [6.45, 7) is 4.26. The van der Waals surface area contributed by atoms with Crippen molar-refractivity contribution in [3.05, 3.63) is 77.2 Å². The molecule has 3 rings (SSSR count). The Hall–Kier alpha value is -3.21. The van der Waals surface area contributed by atoms with Crippen molar-refractivity contribution in [1.82, 2.24) is 0 Å². The van der Waals surface area contributed by atoms with Crippen molar-refractivity contribution < 1.29 is 18.7 Å². The fraction of sp³-hybridized carbons (Fsp3) is 0.190. The van der Waals surface area contributed by atoms with E-state index in [1.807, 2.05) is 38.1 Å². The topological polar surface area (TPSA) is 60.7 Å². The minimum atomic E-state index is -0.323. The molecule has 0 atom stereocenters. The van der Waals surface area contributed by atoms with E-state index in [1.165, 1.54) is 0 Å². The summed E-state index contributed by atoms with van der Waals surface area (Å²) in [5.74, 6) is 1.97. The minimum absolute atomic E-state index is 0.229. The van der Waals surface area contributed by atoms with Crippen molar-refractivity contribution in [3.63, 3.8) is 0 Å². The van der Waals surface area contributed by atoms with E-state index in [0.717, 1.165) is 16.9 Å². The SMILES string of the molecule is COc1cccc(NC(=O)c2ccc(COc3cc(C)ccc3C)o2)c1. The van der Waals surface area contributed by atoms with Gasteiger partial charge in [-0.25, -0.2) is 0 Å². The second kappa shape index (κ2) is 7.78. The van der Waals surface area contributed by atoms with E-state index in [1.54, 1.807) is 37.4 Å². The van der Waals surface area contributed by atoms with Crippen LogP contribution in [0.5, 0.6) is 11.5 Å². The Morgan fingerprint density at radius 2 is 1.92 bits per heavy atom. The van der Waals surface area contributed by atoms with Crippen LogP contribution in [0.3, 0.4) is 0 Å². The van der Waals surface area contributed by atoms with E-state index in [2.05, 4.69) is 5.32 Å². The molecule has 1 amide bonds. The summed E-state index contributed by atoms with van der Waals surface area (Å²) in [4.78, 5) is 12.3. The van der Waals surface area contributed by atoms with Gasteiger partial charge in [-0.1, -0.05) is 18.2 Å². The zero-order valence-corrected chi connectivity index (χ0v) is 15.0. The number of carbonyl (C=O) groups excluding carboxylic acids is 1. The fourth-order valence-corrected chi connectivity index (χ4v) is 2.48. The maximum absolute atomic E-state index is 12.3. The second-order valence-electron chi connectivity index (χ2n) is 6.01. The molecular weight excluding hydrogens is 330 g/mol. The summed E-state index contributed by atoms with van der Waals surface area (Å²) in [7, 11) is 1.58. The van der Waals surface area contributed by atoms with Gasteiger partial charge < -0.3 is 19.2 Å². The molecule has 0 bridgehead atoms. The van der Waals surface area contributed by atoms with Crippen molar-refractivity contribution in [2.45, 2.75) is 20.5 Å². The maximum atomic E-state index is 12.3. The zero-order valence-electron chi connectivity index (χ0n) is 15.0. The van der Waals surface area contributed by atoms with Crippen LogP contribution in [0.25, 0.3) is 0 Å². The average Bonchev–Trinajstić information content (AvgIpc) is 3.12. The molecule has 0 saturated carbocycles. The molecule has 5 nitrogen and oxygen atoms in total. The summed E-state index contributed by atoms with van der Waals surface area (Å²) >= 11 is 0. The third-order valence-electron chi connectivity index (χ3n) is 3.93. The highest BCUT2D eigenvalue weighted by atomic mass is 16.5. The Bertz CT molecular complexity index is 914. The molecule has 0 unspecified atom stereocenters. The number of anilines is 1. The van der Waals surface area contributed by atoms with Gasteiger partial charge in [0.25, 0.3) is 5.91 Å². The molecule has 3 aromatic rings. The number of nitrogens with one attached hydrogen (secondary N) is 1. The van der Waals surface area contributed by atoms with Gasteiger partial charge in [0.15, 0.2) is 5.76 Å². The van der Waals surface area contributed by atoms with E-state index in [9.17, 15) is 4.79 Å². The summed E-state index contributed by atoms with van der Waals surface area (Å²) in [6.07, 6.45) is 0. The van der Waals surface area contributed by atoms with E-state index in [-0.39, 0.29) is 18.3 Å². The summed E-state index contributed by atoms with van der Waals surface area (Å²) in [5, 5.41) is 2.78. The normalized spacial score (nSPS) is 10.4. The van der Waals surface area contributed by atoms with Crippen LogP contribution < -0.4 is 14.8 Å². The zero-order chi connectivity index (χ0) is 18.5. The first-order valence-electron chi connectivity index (χ1n) is 8.29. The fourth-order valence-electron chi connectivity index (χ4n) is 2.48. The van der Waals surface area contributed by atoms with Crippen molar-refractivity contribution in [1.29, 1.82) is 0 Å². The molecular formula is C21H21NO4. The molecule has 26 heavy (non-hydrogen) atoms. The first kappa shape index (κ1) is 17.6. The molecule has 0 saturated heterocycles. The number of carbonyl (C=O) groups is 1. The number of hydrogen-bond acceptors (Lipinski definition) is 4. The van der Waals surface area contributed by atoms with Gasteiger partial charge in [-0.05, 0) is 55.3 Å². The lowest BCUT2D eigenvalue weighted by atomic mass is 10.1. The monoisotopic (exact) mass is 351 g/mol. The Morgan fingerprint density at radius 3 is 2.73 bits per heavy atom. The Kier molecular flexibility index (Phi) is 5.27. The van der Waals surface area contributed by atoms with Gasteiger partial charge in [-0.2, -0.15) is 0 Å². The van der Waals surface area contributed by atoms with Crippen LogP contribution in [-0.2, 0) is 6.61 Å². The van der Waals surface area contributed by atoms with Gasteiger partial charge in [0.05, 0.1) is 7.11 Å². The van der Waals surface area contributed by atoms with Gasteiger partial charge in [-0.15, -0.1) is 0 Å². The van der Waals surface area contributed by atoms with Crippen LogP contribution in [0.4, 0.5) is 5.69 Å². The molecule has 0 spiro atoms. The van der Waals surface area contributed by atoms with Gasteiger partial charge in [0.2, 0.25) is 0 Å². The number of benzene rings is 2. The number of methoxy groups -OCH3 is 1. The van der Waals surface area contributed by atoms with Crippen molar-refractivity contribution >= 4 is 11.6 Å². The Balaban J connectivity index is 1.63. The Morgan fingerprint density at radius 1 is 1.08 bits per heavy atom. The predicted molar refractivity (Wildman–Crippen MR) is 99.9 cm³/mol. The highest BCUT2D eigenvalue weighted by Crippen LogP contribution is 2.22. The molecule has 0 aliphatic heterocycles. The van der Waals surface area contributed by atoms with Crippen LogP contribution in [0.15, 0.2) is 59.0 Å². The quantitative estimate of drug-likeness (QED) is 0.697.